The van der Waals surface area contributed by atoms with Gasteiger partial charge in [-0.1, -0.05) is 0 Å². The Kier molecular flexibility index (Phi) is 4.99. The molecule has 5 atom stereocenters. The van der Waals surface area contributed by atoms with Crippen molar-refractivity contribution in [3.63, 3.8) is 0 Å². The van der Waals surface area contributed by atoms with E-state index in [1.807, 2.05) is 16.7 Å². The molecule has 2 aromatic heterocycles. The van der Waals surface area contributed by atoms with E-state index in [0.29, 0.717) is 24.7 Å². The number of aromatic nitrogens is 4. The zero-order chi connectivity index (χ0) is 20.7. The molecule has 0 unspecified atom stereocenters. The van der Waals surface area contributed by atoms with Crippen LogP contribution in [-0.4, -0.2) is 70.0 Å². The van der Waals surface area contributed by atoms with Gasteiger partial charge in [-0.15, -0.1) is 0 Å². The van der Waals surface area contributed by atoms with Crippen molar-refractivity contribution in [1.29, 1.82) is 0 Å². The van der Waals surface area contributed by atoms with E-state index in [2.05, 4.69) is 20.3 Å². The monoisotopic (exact) mass is 413 g/mol. The van der Waals surface area contributed by atoms with Crippen LogP contribution in [0.4, 0.5) is 0 Å². The molecule has 5 rings (SSSR count). The molecular formula is C20H23N5O5. The SMILES string of the molecule is COc1cc2ncn([C@H]3[C@@H]4OC[C@@H](O4)[C@@H](NCc4cncnc4)[C@@H]3O)c2cc1OC. The molecule has 158 valence electrons. The number of nitrogens with zero attached hydrogens (tertiary/aromatic N) is 4. The molecule has 2 saturated heterocycles. The Bertz CT molecular complexity index is 1030. The number of hydrogen-bond donors (Lipinski definition) is 2. The Labute approximate surface area is 172 Å². The number of hydrogen-bond acceptors (Lipinski definition) is 9. The van der Waals surface area contributed by atoms with Gasteiger partial charge in [0.05, 0.1) is 50.3 Å². The molecule has 2 N–H and O–H groups in total. The summed E-state index contributed by atoms with van der Waals surface area (Å²) in [6, 6.07) is 2.85. The number of rotatable bonds is 6. The molecule has 0 spiro atoms. The molecule has 0 radical (unpaired) electrons. The van der Waals surface area contributed by atoms with Crippen LogP contribution in [0.2, 0.25) is 0 Å². The van der Waals surface area contributed by atoms with Crippen LogP contribution in [-0.2, 0) is 16.0 Å². The topological polar surface area (TPSA) is 113 Å². The summed E-state index contributed by atoms with van der Waals surface area (Å²) < 4.78 is 24.6. The fraction of sp³-hybridized carbons (Fsp3) is 0.450. The number of benzene rings is 1. The van der Waals surface area contributed by atoms with Crippen LogP contribution >= 0.6 is 0 Å². The second-order valence-corrected chi connectivity index (χ2v) is 7.36. The first-order valence-corrected chi connectivity index (χ1v) is 9.70. The molecule has 4 heterocycles. The van der Waals surface area contributed by atoms with Crippen molar-refractivity contribution in [1.82, 2.24) is 24.8 Å². The van der Waals surface area contributed by atoms with Gasteiger partial charge in [-0.3, -0.25) is 0 Å². The van der Waals surface area contributed by atoms with Gasteiger partial charge in [0, 0.05) is 36.6 Å². The van der Waals surface area contributed by atoms with Gasteiger partial charge in [0.1, 0.15) is 18.5 Å². The molecule has 0 saturated carbocycles. The second-order valence-electron chi connectivity index (χ2n) is 7.36. The van der Waals surface area contributed by atoms with Gasteiger partial charge >= 0.3 is 0 Å². The first-order chi connectivity index (χ1) is 14.7. The Balaban J connectivity index is 1.46. The highest BCUT2D eigenvalue weighted by Crippen LogP contribution is 2.39. The fourth-order valence-electron chi connectivity index (χ4n) is 4.20. The molecule has 0 amide bonds. The lowest BCUT2D eigenvalue weighted by molar-refractivity contribution is -0.164. The minimum Gasteiger partial charge on any atom is -0.493 e. The van der Waals surface area contributed by atoms with Crippen molar-refractivity contribution in [2.45, 2.75) is 37.1 Å². The molecule has 10 nitrogen and oxygen atoms in total. The maximum Gasteiger partial charge on any atom is 0.181 e. The van der Waals surface area contributed by atoms with E-state index in [1.54, 1.807) is 32.9 Å². The van der Waals surface area contributed by atoms with Crippen LogP contribution in [0.5, 0.6) is 11.5 Å². The van der Waals surface area contributed by atoms with Crippen molar-refractivity contribution in [2.24, 2.45) is 0 Å². The largest absolute Gasteiger partial charge is 0.493 e. The molecule has 2 bridgehead atoms. The second kappa shape index (κ2) is 7.80. The fourth-order valence-corrected chi connectivity index (χ4v) is 4.20. The number of imidazole rings is 1. The Morgan fingerprint density at radius 2 is 1.97 bits per heavy atom. The first-order valence-electron chi connectivity index (χ1n) is 9.70. The molecule has 1 aromatic carbocycles. The maximum atomic E-state index is 11.3. The normalized spacial score (nSPS) is 28.0. The third kappa shape index (κ3) is 3.18. The quantitative estimate of drug-likeness (QED) is 0.602. The number of nitrogens with one attached hydrogen (secondary N) is 1. The molecular weight excluding hydrogens is 390 g/mol. The van der Waals surface area contributed by atoms with Gasteiger partial charge in [0.25, 0.3) is 0 Å². The van der Waals surface area contributed by atoms with E-state index >= 15 is 0 Å². The van der Waals surface area contributed by atoms with Crippen LogP contribution in [0.1, 0.15) is 11.6 Å². The van der Waals surface area contributed by atoms with Crippen LogP contribution < -0.4 is 14.8 Å². The lowest BCUT2D eigenvalue weighted by Crippen LogP contribution is -2.57. The summed E-state index contributed by atoms with van der Waals surface area (Å²) in [5, 5.41) is 14.7. The lowest BCUT2D eigenvalue weighted by atomic mass is 9.95. The zero-order valence-electron chi connectivity index (χ0n) is 16.6. The number of methoxy groups -OCH3 is 2. The molecule has 2 aliphatic heterocycles. The standard InChI is InChI=1S/C20H23N5O5/c1-27-14-3-12-13(4-15(14)28-2)25(10-24-12)18-19(26)17(16-8-29-20(18)30-16)23-7-11-5-21-9-22-6-11/h3-6,9-10,16-20,23,26H,7-8H2,1-2H3/t16-,17-,18-,19+,20-/m1/s1. The van der Waals surface area contributed by atoms with E-state index in [9.17, 15) is 5.11 Å². The van der Waals surface area contributed by atoms with E-state index < -0.39 is 18.4 Å². The van der Waals surface area contributed by atoms with E-state index in [1.165, 1.54) is 6.33 Å². The zero-order valence-corrected chi connectivity index (χ0v) is 16.6. The molecule has 3 aromatic rings. The average molecular weight is 413 g/mol. The summed E-state index contributed by atoms with van der Waals surface area (Å²) in [5.41, 5.74) is 2.45. The Morgan fingerprint density at radius 3 is 2.73 bits per heavy atom. The molecule has 0 aliphatic carbocycles. The highest BCUT2D eigenvalue weighted by Gasteiger charge is 2.51. The van der Waals surface area contributed by atoms with Gasteiger partial charge < -0.3 is 33.9 Å². The van der Waals surface area contributed by atoms with Crippen molar-refractivity contribution in [3.8, 4) is 11.5 Å². The van der Waals surface area contributed by atoms with E-state index in [4.69, 9.17) is 18.9 Å². The molecule has 10 heteroatoms. The summed E-state index contributed by atoms with van der Waals surface area (Å²) in [7, 11) is 3.17. The minimum atomic E-state index is -0.758. The molecule has 30 heavy (non-hydrogen) atoms. The van der Waals surface area contributed by atoms with Gasteiger partial charge in [0.15, 0.2) is 17.8 Å². The van der Waals surface area contributed by atoms with Crippen LogP contribution in [0.25, 0.3) is 11.0 Å². The van der Waals surface area contributed by atoms with Crippen molar-refractivity contribution in [3.05, 3.63) is 42.7 Å². The number of aliphatic hydroxyl groups excluding tert-OH is 1. The van der Waals surface area contributed by atoms with Crippen LogP contribution in [0.3, 0.4) is 0 Å². The third-order valence-electron chi connectivity index (χ3n) is 5.69. The highest BCUT2D eigenvalue weighted by molar-refractivity contribution is 5.80. The summed E-state index contributed by atoms with van der Waals surface area (Å²) >= 11 is 0. The van der Waals surface area contributed by atoms with Crippen LogP contribution in [0.15, 0.2) is 37.2 Å². The van der Waals surface area contributed by atoms with E-state index in [0.717, 1.165) is 16.6 Å². The molecule has 2 fully saturated rings. The van der Waals surface area contributed by atoms with Crippen molar-refractivity contribution < 1.29 is 24.1 Å². The summed E-state index contributed by atoms with van der Waals surface area (Å²) in [5.74, 6) is 1.18. The predicted octanol–water partition coefficient (Wildman–Crippen LogP) is 0.659. The summed E-state index contributed by atoms with van der Waals surface area (Å²) in [6.07, 6.45) is 5.09. The Morgan fingerprint density at radius 1 is 1.20 bits per heavy atom. The Hall–Kier alpha value is -2.79. The smallest absolute Gasteiger partial charge is 0.181 e. The minimum absolute atomic E-state index is 0.240. The van der Waals surface area contributed by atoms with Gasteiger partial charge in [-0.25, -0.2) is 15.0 Å². The van der Waals surface area contributed by atoms with Gasteiger partial charge in [0.2, 0.25) is 0 Å². The lowest BCUT2D eigenvalue weighted by Gasteiger charge is -2.39. The van der Waals surface area contributed by atoms with Gasteiger partial charge in [-0.05, 0) is 0 Å². The number of ether oxygens (including phenoxy) is 4. The highest BCUT2D eigenvalue weighted by atomic mass is 16.7. The third-order valence-corrected chi connectivity index (χ3v) is 5.69. The van der Waals surface area contributed by atoms with Crippen molar-refractivity contribution >= 4 is 11.0 Å². The van der Waals surface area contributed by atoms with Crippen molar-refractivity contribution in [2.75, 3.05) is 20.8 Å². The maximum absolute atomic E-state index is 11.3. The average Bonchev–Trinajstić information content (AvgIpc) is 3.39. The van der Waals surface area contributed by atoms with Gasteiger partial charge in [-0.2, -0.15) is 0 Å². The summed E-state index contributed by atoms with van der Waals surface area (Å²) in [6.45, 7) is 0.917. The summed E-state index contributed by atoms with van der Waals surface area (Å²) in [4.78, 5) is 12.5. The number of fused-ring (bicyclic) bond motifs is 3. The number of aliphatic hydroxyl groups is 1. The molecule has 2 aliphatic rings. The first kappa shape index (κ1) is 19.2. The predicted molar refractivity (Wildman–Crippen MR) is 105 cm³/mol. The van der Waals surface area contributed by atoms with E-state index in [-0.39, 0.29) is 12.1 Å². The van der Waals surface area contributed by atoms with Crippen LogP contribution in [0, 0.1) is 0 Å².